The van der Waals surface area contributed by atoms with E-state index in [0.717, 1.165) is 10.9 Å². The molecule has 3 rings (SSSR count). The average molecular weight is 280 g/mol. The van der Waals surface area contributed by atoms with E-state index in [2.05, 4.69) is 29.7 Å². The van der Waals surface area contributed by atoms with Crippen molar-refractivity contribution in [1.82, 2.24) is 5.43 Å². The number of halogens is 1. The second-order valence-corrected chi connectivity index (χ2v) is 5.12. The molecule has 0 bridgehead atoms. The fraction of sp³-hybridized carbons (Fsp3) is 0.111. The van der Waals surface area contributed by atoms with Gasteiger partial charge < -0.3 is 0 Å². The SMILES string of the molecule is NNC(Cc1ccccc1F)c1ccc2ccccc2c1. The summed E-state index contributed by atoms with van der Waals surface area (Å²) in [6.07, 6.45) is 0.515. The summed E-state index contributed by atoms with van der Waals surface area (Å²) in [4.78, 5) is 0. The van der Waals surface area contributed by atoms with Crippen LogP contribution in [0.4, 0.5) is 4.39 Å². The maximum absolute atomic E-state index is 13.8. The molecule has 106 valence electrons. The second-order valence-electron chi connectivity index (χ2n) is 5.12. The van der Waals surface area contributed by atoms with Crippen LogP contribution in [0, 0.1) is 5.82 Å². The van der Waals surface area contributed by atoms with Crippen LogP contribution < -0.4 is 11.3 Å². The highest BCUT2D eigenvalue weighted by Gasteiger charge is 2.13. The summed E-state index contributed by atoms with van der Waals surface area (Å²) in [5.41, 5.74) is 4.51. The van der Waals surface area contributed by atoms with E-state index in [1.54, 1.807) is 12.1 Å². The van der Waals surface area contributed by atoms with Crippen molar-refractivity contribution in [3.8, 4) is 0 Å². The maximum Gasteiger partial charge on any atom is 0.126 e. The van der Waals surface area contributed by atoms with Gasteiger partial charge >= 0.3 is 0 Å². The Morgan fingerprint density at radius 1 is 0.905 bits per heavy atom. The van der Waals surface area contributed by atoms with E-state index in [4.69, 9.17) is 5.84 Å². The van der Waals surface area contributed by atoms with Gasteiger partial charge in [-0.2, -0.15) is 0 Å². The van der Waals surface area contributed by atoms with Crippen LogP contribution in [0.2, 0.25) is 0 Å². The van der Waals surface area contributed by atoms with E-state index in [1.807, 2.05) is 24.3 Å². The number of hydrogen-bond donors (Lipinski definition) is 2. The smallest absolute Gasteiger partial charge is 0.126 e. The van der Waals surface area contributed by atoms with Gasteiger partial charge in [0.1, 0.15) is 5.82 Å². The number of nitrogens with two attached hydrogens (primary N) is 1. The Morgan fingerprint density at radius 2 is 1.62 bits per heavy atom. The van der Waals surface area contributed by atoms with Gasteiger partial charge in [0.05, 0.1) is 6.04 Å². The van der Waals surface area contributed by atoms with Crippen LogP contribution in [0.1, 0.15) is 17.2 Å². The van der Waals surface area contributed by atoms with Gasteiger partial charge in [0.2, 0.25) is 0 Å². The predicted molar refractivity (Wildman–Crippen MR) is 84.1 cm³/mol. The Kier molecular flexibility index (Phi) is 3.95. The first-order valence-corrected chi connectivity index (χ1v) is 6.96. The maximum atomic E-state index is 13.8. The van der Waals surface area contributed by atoms with Crippen molar-refractivity contribution in [2.45, 2.75) is 12.5 Å². The van der Waals surface area contributed by atoms with Crippen LogP contribution in [0.5, 0.6) is 0 Å². The third kappa shape index (κ3) is 2.94. The summed E-state index contributed by atoms with van der Waals surface area (Å²) in [7, 11) is 0. The molecule has 0 aliphatic rings. The highest BCUT2D eigenvalue weighted by atomic mass is 19.1. The van der Waals surface area contributed by atoms with E-state index in [0.29, 0.717) is 12.0 Å². The summed E-state index contributed by atoms with van der Waals surface area (Å²) >= 11 is 0. The molecule has 0 fully saturated rings. The number of nitrogens with one attached hydrogen (secondary N) is 1. The van der Waals surface area contributed by atoms with Crippen LogP contribution >= 0.6 is 0 Å². The van der Waals surface area contributed by atoms with Crippen molar-refractivity contribution in [3.63, 3.8) is 0 Å². The van der Waals surface area contributed by atoms with Crippen molar-refractivity contribution >= 4 is 10.8 Å². The number of rotatable bonds is 4. The van der Waals surface area contributed by atoms with Gasteiger partial charge in [-0.3, -0.25) is 11.3 Å². The zero-order valence-corrected chi connectivity index (χ0v) is 11.6. The van der Waals surface area contributed by atoms with E-state index < -0.39 is 0 Å². The highest BCUT2D eigenvalue weighted by molar-refractivity contribution is 5.83. The second kappa shape index (κ2) is 6.04. The topological polar surface area (TPSA) is 38.0 Å². The lowest BCUT2D eigenvalue weighted by Crippen LogP contribution is -2.29. The molecular formula is C18H17FN2. The third-order valence-corrected chi connectivity index (χ3v) is 3.76. The van der Waals surface area contributed by atoms with Crippen molar-refractivity contribution in [2.24, 2.45) is 5.84 Å². The Morgan fingerprint density at radius 3 is 2.38 bits per heavy atom. The summed E-state index contributed by atoms with van der Waals surface area (Å²) < 4.78 is 13.8. The molecule has 0 saturated carbocycles. The lowest BCUT2D eigenvalue weighted by Gasteiger charge is -2.17. The summed E-state index contributed by atoms with van der Waals surface area (Å²) in [5.74, 6) is 5.48. The zero-order chi connectivity index (χ0) is 14.7. The van der Waals surface area contributed by atoms with E-state index >= 15 is 0 Å². The van der Waals surface area contributed by atoms with Crippen molar-refractivity contribution in [2.75, 3.05) is 0 Å². The molecule has 0 saturated heterocycles. The molecule has 3 aromatic rings. The summed E-state index contributed by atoms with van der Waals surface area (Å²) in [6, 6.07) is 21.0. The molecule has 0 radical (unpaired) electrons. The fourth-order valence-corrected chi connectivity index (χ4v) is 2.58. The van der Waals surface area contributed by atoms with Crippen molar-refractivity contribution in [3.05, 3.63) is 83.7 Å². The van der Waals surface area contributed by atoms with Crippen LogP contribution in [0.25, 0.3) is 10.8 Å². The minimum Gasteiger partial charge on any atom is -0.271 e. The summed E-state index contributed by atoms with van der Waals surface area (Å²) in [6.45, 7) is 0. The molecular weight excluding hydrogens is 263 g/mol. The molecule has 2 nitrogen and oxygen atoms in total. The lowest BCUT2D eigenvalue weighted by atomic mass is 9.97. The third-order valence-electron chi connectivity index (χ3n) is 3.76. The van der Waals surface area contributed by atoms with Gasteiger partial charge in [-0.05, 0) is 40.5 Å². The van der Waals surface area contributed by atoms with Crippen molar-refractivity contribution < 1.29 is 4.39 Å². The zero-order valence-electron chi connectivity index (χ0n) is 11.6. The highest BCUT2D eigenvalue weighted by Crippen LogP contribution is 2.23. The molecule has 3 heteroatoms. The number of benzene rings is 3. The van der Waals surface area contributed by atoms with Gasteiger partial charge in [0, 0.05) is 0 Å². The lowest BCUT2D eigenvalue weighted by molar-refractivity contribution is 0.529. The van der Waals surface area contributed by atoms with Gasteiger partial charge in [0.25, 0.3) is 0 Å². The van der Waals surface area contributed by atoms with Gasteiger partial charge in [-0.1, -0.05) is 54.6 Å². The quantitative estimate of drug-likeness (QED) is 0.564. The normalized spacial score (nSPS) is 12.5. The first-order valence-electron chi connectivity index (χ1n) is 6.96. The first-order chi connectivity index (χ1) is 10.3. The number of hydrogen-bond acceptors (Lipinski definition) is 2. The standard InChI is InChI=1S/C18H17FN2/c19-17-8-4-3-7-15(17)12-18(21-20)16-10-9-13-5-1-2-6-14(13)11-16/h1-11,18,21H,12,20H2. The molecule has 0 spiro atoms. The van der Waals surface area contributed by atoms with Gasteiger partial charge in [-0.15, -0.1) is 0 Å². The monoisotopic (exact) mass is 280 g/mol. The Balaban J connectivity index is 1.93. The van der Waals surface area contributed by atoms with Gasteiger partial charge in [-0.25, -0.2) is 4.39 Å². The molecule has 1 atom stereocenters. The fourth-order valence-electron chi connectivity index (χ4n) is 2.58. The van der Waals surface area contributed by atoms with E-state index in [-0.39, 0.29) is 11.9 Å². The molecule has 0 heterocycles. The first kappa shape index (κ1) is 13.7. The molecule has 0 aliphatic heterocycles. The minimum atomic E-state index is -0.196. The van der Waals surface area contributed by atoms with E-state index in [9.17, 15) is 4.39 Å². The Labute approximate surface area is 123 Å². The molecule has 21 heavy (non-hydrogen) atoms. The molecule has 3 aromatic carbocycles. The Hall–Kier alpha value is -2.23. The predicted octanol–water partition coefficient (Wildman–Crippen LogP) is 3.73. The van der Waals surface area contributed by atoms with E-state index in [1.165, 1.54) is 11.5 Å². The van der Waals surface area contributed by atoms with Crippen LogP contribution in [-0.4, -0.2) is 0 Å². The number of hydrazine groups is 1. The largest absolute Gasteiger partial charge is 0.271 e. The molecule has 0 aliphatic carbocycles. The Bertz CT molecular complexity index is 755. The molecule has 1 unspecified atom stereocenters. The number of fused-ring (bicyclic) bond motifs is 1. The molecule has 3 N–H and O–H groups in total. The molecule has 0 amide bonds. The average Bonchev–Trinajstić information content (AvgIpc) is 2.54. The van der Waals surface area contributed by atoms with Crippen LogP contribution in [0.3, 0.4) is 0 Å². The summed E-state index contributed by atoms with van der Waals surface area (Å²) in [5, 5.41) is 2.34. The van der Waals surface area contributed by atoms with Crippen LogP contribution in [0.15, 0.2) is 66.7 Å². The van der Waals surface area contributed by atoms with Crippen molar-refractivity contribution in [1.29, 1.82) is 0 Å². The van der Waals surface area contributed by atoms with Crippen LogP contribution in [-0.2, 0) is 6.42 Å². The van der Waals surface area contributed by atoms with Gasteiger partial charge in [0.15, 0.2) is 0 Å². The minimum absolute atomic E-state index is 0.119. The molecule has 0 aromatic heterocycles.